The van der Waals surface area contributed by atoms with Crippen molar-refractivity contribution in [3.8, 4) is 0 Å². The lowest BCUT2D eigenvalue weighted by Crippen LogP contribution is -2.34. The lowest BCUT2D eigenvalue weighted by Gasteiger charge is -2.31. The molecule has 150 valence electrons. The maximum absolute atomic E-state index is 12.6. The van der Waals surface area contributed by atoms with E-state index >= 15 is 0 Å². The number of likely N-dealkylation sites (tertiary alicyclic amines) is 1. The molecule has 4 nitrogen and oxygen atoms in total. The molecule has 0 aliphatic carbocycles. The van der Waals surface area contributed by atoms with Crippen molar-refractivity contribution in [3.05, 3.63) is 70.8 Å². The van der Waals surface area contributed by atoms with E-state index in [1.165, 1.54) is 24.0 Å². The van der Waals surface area contributed by atoms with Crippen LogP contribution in [-0.2, 0) is 29.6 Å². The number of carbonyl (C=O) groups excluding carboxylic acids is 1. The summed E-state index contributed by atoms with van der Waals surface area (Å²) < 4.78 is 11.4. The van der Waals surface area contributed by atoms with Crippen molar-refractivity contribution in [2.45, 2.75) is 38.6 Å². The van der Waals surface area contributed by atoms with E-state index in [4.69, 9.17) is 0 Å². The second-order valence-electron chi connectivity index (χ2n) is 7.85. The summed E-state index contributed by atoms with van der Waals surface area (Å²) in [5, 5.41) is 3.05. The van der Waals surface area contributed by atoms with Gasteiger partial charge in [0.2, 0.25) is 0 Å². The number of nitrogens with one attached hydrogen (secondary N) is 1. The number of nitrogens with zero attached hydrogens (tertiary/aromatic N) is 1. The minimum absolute atomic E-state index is 0.0925. The van der Waals surface area contributed by atoms with Gasteiger partial charge in [0.05, 0.1) is 0 Å². The highest BCUT2D eigenvalue weighted by Gasteiger charge is 2.17. The van der Waals surface area contributed by atoms with Crippen LogP contribution in [0.4, 0.5) is 0 Å². The van der Waals surface area contributed by atoms with Gasteiger partial charge in [0.1, 0.15) is 0 Å². The van der Waals surface area contributed by atoms with Crippen LogP contribution in [0.25, 0.3) is 0 Å². The fourth-order valence-electron chi connectivity index (χ4n) is 3.87. The van der Waals surface area contributed by atoms with Crippen LogP contribution in [0.5, 0.6) is 0 Å². The third-order valence-corrected chi connectivity index (χ3v) is 5.99. The highest BCUT2D eigenvalue weighted by atomic mass is 32.2. The fourth-order valence-corrected chi connectivity index (χ4v) is 4.52. The number of benzene rings is 2. The van der Waals surface area contributed by atoms with Crippen LogP contribution >= 0.6 is 0 Å². The molecule has 1 N–H and O–H groups in total. The first-order valence-electron chi connectivity index (χ1n) is 9.97. The zero-order valence-corrected chi connectivity index (χ0v) is 17.6. The molecule has 0 saturated carbocycles. The second-order valence-corrected chi connectivity index (χ2v) is 9.29. The van der Waals surface area contributed by atoms with Gasteiger partial charge in [-0.3, -0.25) is 13.9 Å². The first-order valence-corrected chi connectivity index (χ1v) is 11.7. The minimum atomic E-state index is -0.918. The van der Waals surface area contributed by atoms with Crippen LogP contribution < -0.4 is 5.32 Å². The molecule has 1 aliphatic heterocycles. The Hall–Kier alpha value is -1.98. The number of rotatable bonds is 7. The first kappa shape index (κ1) is 20.7. The molecule has 28 heavy (non-hydrogen) atoms. The summed E-state index contributed by atoms with van der Waals surface area (Å²) in [5.41, 5.74) is 3.99. The molecule has 1 amide bonds. The lowest BCUT2D eigenvalue weighted by molar-refractivity contribution is 0.0950. The van der Waals surface area contributed by atoms with Gasteiger partial charge in [0.25, 0.3) is 5.91 Å². The molecule has 0 bridgehead atoms. The summed E-state index contributed by atoms with van der Waals surface area (Å²) in [5.74, 6) is 1.13. The summed E-state index contributed by atoms with van der Waals surface area (Å²) in [6, 6.07) is 15.8. The van der Waals surface area contributed by atoms with Crippen molar-refractivity contribution in [3.63, 3.8) is 0 Å². The largest absolute Gasteiger partial charge is 0.348 e. The minimum Gasteiger partial charge on any atom is -0.348 e. The molecule has 2 aromatic rings. The van der Waals surface area contributed by atoms with E-state index in [1.54, 1.807) is 12.3 Å². The van der Waals surface area contributed by atoms with Gasteiger partial charge < -0.3 is 5.32 Å². The average molecular weight is 399 g/mol. The average Bonchev–Trinajstić information content (AvgIpc) is 2.67. The van der Waals surface area contributed by atoms with Crippen LogP contribution in [0.3, 0.4) is 0 Å². The molecule has 0 aromatic heterocycles. The van der Waals surface area contributed by atoms with Crippen LogP contribution in [0.15, 0.2) is 48.5 Å². The molecule has 5 heteroatoms. The van der Waals surface area contributed by atoms with Crippen molar-refractivity contribution in [1.82, 2.24) is 10.2 Å². The van der Waals surface area contributed by atoms with E-state index in [-0.39, 0.29) is 5.91 Å². The second kappa shape index (κ2) is 9.99. The molecular weight excluding hydrogens is 368 g/mol. The monoisotopic (exact) mass is 398 g/mol. The first-order chi connectivity index (χ1) is 13.5. The third-order valence-electron chi connectivity index (χ3n) is 5.25. The van der Waals surface area contributed by atoms with Gasteiger partial charge >= 0.3 is 0 Å². The quantitative estimate of drug-likeness (QED) is 0.773. The summed E-state index contributed by atoms with van der Waals surface area (Å²) in [6.45, 7) is 6.07. The highest BCUT2D eigenvalue weighted by Crippen LogP contribution is 2.19. The third kappa shape index (κ3) is 6.01. The maximum Gasteiger partial charge on any atom is 0.251 e. The van der Waals surface area contributed by atoms with Gasteiger partial charge in [-0.2, -0.15) is 0 Å². The number of hydrogen-bond acceptors (Lipinski definition) is 3. The van der Waals surface area contributed by atoms with E-state index in [1.807, 2.05) is 24.3 Å². The van der Waals surface area contributed by atoms with E-state index in [2.05, 4.69) is 35.3 Å². The molecule has 1 fully saturated rings. The van der Waals surface area contributed by atoms with Gasteiger partial charge in [-0.05, 0) is 54.1 Å². The summed E-state index contributed by atoms with van der Waals surface area (Å²) in [6.07, 6.45) is 4.25. The Morgan fingerprint density at radius 1 is 1.18 bits per heavy atom. The van der Waals surface area contributed by atoms with Gasteiger partial charge in [0, 0.05) is 48.0 Å². The summed E-state index contributed by atoms with van der Waals surface area (Å²) >= 11 is 0. The fraction of sp³-hybridized carbons (Fsp3) is 0.435. The number of hydrogen-bond donors (Lipinski definition) is 1. The zero-order valence-electron chi connectivity index (χ0n) is 16.8. The molecule has 0 spiro atoms. The van der Waals surface area contributed by atoms with E-state index in [0.717, 1.165) is 31.1 Å². The Morgan fingerprint density at radius 2 is 1.96 bits per heavy atom. The number of carbonyl (C=O) groups is 1. The van der Waals surface area contributed by atoms with Crippen LogP contribution in [-0.4, -0.2) is 34.4 Å². The summed E-state index contributed by atoms with van der Waals surface area (Å²) in [7, 11) is -0.918. The SMILES string of the molecule is C[C@@H]1CCCN(Cc2ccccc2CNC(=O)c2cccc(C[S@@](C)=O)c2)C1. The molecule has 3 rings (SSSR count). The van der Waals surface area contributed by atoms with Crippen LogP contribution in [0.1, 0.15) is 46.8 Å². The molecule has 2 aromatic carbocycles. The lowest BCUT2D eigenvalue weighted by atomic mass is 9.99. The van der Waals surface area contributed by atoms with E-state index in [9.17, 15) is 9.00 Å². The Kier molecular flexibility index (Phi) is 7.40. The smallest absolute Gasteiger partial charge is 0.251 e. The van der Waals surface area contributed by atoms with Crippen molar-refractivity contribution in [2.75, 3.05) is 19.3 Å². The molecule has 1 saturated heterocycles. The topological polar surface area (TPSA) is 49.4 Å². The molecule has 1 heterocycles. The molecular formula is C23H30N2O2S. The molecule has 0 unspecified atom stereocenters. The highest BCUT2D eigenvalue weighted by molar-refractivity contribution is 7.83. The maximum atomic E-state index is 12.6. The molecule has 1 aliphatic rings. The van der Waals surface area contributed by atoms with Gasteiger partial charge in [0.15, 0.2) is 0 Å². The summed E-state index contributed by atoms with van der Waals surface area (Å²) in [4.78, 5) is 15.1. The Morgan fingerprint density at radius 3 is 2.71 bits per heavy atom. The van der Waals surface area contributed by atoms with Crippen LogP contribution in [0, 0.1) is 5.92 Å². The van der Waals surface area contributed by atoms with Crippen molar-refractivity contribution >= 4 is 16.7 Å². The van der Waals surface area contributed by atoms with Gasteiger partial charge in [-0.15, -0.1) is 0 Å². The van der Waals surface area contributed by atoms with Crippen molar-refractivity contribution in [2.24, 2.45) is 5.92 Å². The molecule has 2 atom stereocenters. The van der Waals surface area contributed by atoms with Crippen LogP contribution in [0.2, 0.25) is 0 Å². The Labute approximate surface area is 170 Å². The Bertz CT molecular complexity index is 837. The van der Waals surface area contributed by atoms with E-state index < -0.39 is 10.8 Å². The standard InChI is InChI=1S/C23H30N2O2S/c1-18-7-6-12-25(15-18)16-22-10-4-3-9-21(22)14-24-23(26)20-11-5-8-19(13-20)17-28(2)27/h3-5,8-11,13,18H,6-7,12,14-17H2,1-2H3,(H,24,26)/t18-,28-/m1/s1. The van der Waals surface area contributed by atoms with Crippen molar-refractivity contribution in [1.29, 1.82) is 0 Å². The zero-order chi connectivity index (χ0) is 19.9. The van der Waals surface area contributed by atoms with E-state index in [0.29, 0.717) is 17.9 Å². The molecule has 0 radical (unpaired) electrons. The van der Waals surface area contributed by atoms with Gasteiger partial charge in [-0.1, -0.05) is 43.3 Å². The Balaban J connectivity index is 1.63. The van der Waals surface area contributed by atoms with Gasteiger partial charge in [-0.25, -0.2) is 0 Å². The number of amides is 1. The predicted molar refractivity (Wildman–Crippen MR) is 115 cm³/mol. The normalized spacial score (nSPS) is 18.6. The number of piperidine rings is 1. The van der Waals surface area contributed by atoms with Crippen molar-refractivity contribution < 1.29 is 9.00 Å². The predicted octanol–water partition coefficient (Wildman–Crippen LogP) is 3.73.